The van der Waals surface area contributed by atoms with Gasteiger partial charge in [-0.25, -0.2) is 9.97 Å². The summed E-state index contributed by atoms with van der Waals surface area (Å²) in [7, 11) is 0. The zero-order valence-electron chi connectivity index (χ0n) is 14.7. The third-order valence-corrected chi connectivity index (χ3v) is 5.16. The molecule has 3 saturated heterocycles. The Morgan fingerprint density at radius 3 is 2.69 bits per heavy atom. The molecule has 1 aromatic rings. The molecule has 2 atom stereocenters. The van der Waals surface area contributed by atoms with E-state index in [-0.39, 0.29) is 23.8 Å². The largest absolute Gasteiger partial charge is 0.378 e. The van der Waals surface area contributed by atoms with Gasteiger partial charge in [-0.3, -0.25) is 14.5 Å². The van der Waals surface area contributed by atoms with Crippen LogP contribution in [0, 0.1) is 5.92 Å². The van der Waals surface area contributed by atoms with Crippen LogP contribution in [0.5, 0.6) is 0 Å². The highest BCUT2D eigenvalue weighted by molar-refractivity contribution is 5.83. The number of hydrogen-bond acceptors (Lipinski definition) is 7. The molecule has 0 saturated carbocycles. The van der Waals surface area contributed by atoms with Crippen LogP contribution < -0.4 is 10.2 Å². The molecule has 3 fully saturated rings. The van der Waals surface area contributed by atoms with Crippen molar-refractivity contribution in [3.63, 3.8) is 0 Å². The Morgan fingerprint density at radius 2 is 1.92 bits per heavy atom. The zero-order chi connectivity index (χ0) is 17.9. The van der Waals surface area contributed by atoms with E-state index < -0.39 is 0 Å². The summed E-state index contributed by atoms with van der Waals surface area (Å²) in [6.45, 7) is 5.42. The highest BCUT2D eigenvalue weighted by Gasteiger charge is 2.35. The minimum absolute atomic E-state index is 0.000671. The van der Waals surface area contributed by atoms with Gasteiger partial charge in [0.15, 0.2) is 0 Å². The first-order chi connectivity index (χ1) is 12.7. The van der Waals surface area contributed by atoms with E-state index in [0.717, 1.165) is 32.1 Å². The quantitative estimate of drug-likeness (QED) is 0.707. The number of amides is 2. The summed E-state index contributed by atoms with van der Waals surface area (Å²) in [5, 5.41) is 2.96. The molecule has 26 heavy (non-hydrogen) atoms. The van der Waals surface area contributed by atoms with Gasteiger partial charge in [0, 0.05) is 51.7 Å². The molecule has 140 valence electrons. The maximum Gasteiger partial charge on any atom is 0.236 e. The predicted molar refractivity (Wildman–Crippen MR) is 93.5 cm³/mol. The van der Waals surface area contributed by atoms with Crippen molar-refractivity contribution in [1.82, 2.24) is 25.1 Å². The smallest absolute Gasteiger partial charge is 0.236 e. The second-order valence-corrected chi connectivity index (χ2v) is 7.05. The van der Waals surface area contributed by atoms with E-state index >= 15 is 0 Å². The Bertz CT molecular complexity index is 649. The number of rotatable bonds is 3. The normalized spacial score (nSPS) is 27.0. The molecule has 0 unspecified atom stereocenters. The highest BCUT2D eigenvalue weighted by atomic mass is 16.5. The Labute approximate surface area is 152 Å². The Hall–Kier alpha value is -2.26. The van der Waals surface area contributed by atoms with Gasteiger partial charge >= 0.3 is 0 Å². The fraction of sp³-hybridized carbons (Fsp3) is 0.647. The number of piperazine rings is 1. The maximum atomic E-state index is 12.8. The molecule has 0 aliphatic carbocycles. The molecule has 2 amide bonds. The van der Waals surface area contributed by atoms with Crippen molar-refractivity contribution in [2.45, 2.75) is 6.04 Å². The molecule has 1 aromatic heterocycles. The Kier molecular flexibility index (Phi) is 4.98. The number of nitrogens with zero attached hydrogens (tertiary/aromatic N) is 5. The Balaban J connectivity index is 1.31. The second kappa shape index (κ2) is 7.55. The molecular weight excluding hydrogens is 336 g/mol. The summed E-state index contributed by atoms with van der Waals surface area (Å²) in [5.41, 5.74) is 0. The van der Waals surface area contributed by atoms with Gasteiger partial charge in [-0.1, -0.05) is 0 Å². The Morgan fingerprint density at radius 1 is 1.15 bits per heavy atom. The van der Waals surface area contributed by atoms with E-state index in [1.165, 1.54) is 0 Å². The number of ether oxygens (including phenoxy) is 1. The number of nitrogens with one attached hydrogen (secondary N) is 1. The second-order valence-electron chi connectivity index (χ2n) is 7.05. The van der Waals surface area contributed by atoms with Crippen LogP contribution in [0.2, 0.25) is 0 Å². The minimum Gasteiger partial charge on any atom is -0.378 e. The number of carbonyl (C=O) groups excluding carboxylic acids is 2. The van der Waals surface area contributed by atoms with Crippen molar-refractivity contribution >= 4 is 17.8 Å². The third kappa shape index (κ3) is 3.78. The summed E-state index contributed by atoms with van der Waals surface area (Å²) in [5.74, 6) is 0.559. The van der Waals surface area contributed by atoms with E-state index in [9.17, 15) is 9.59 Å². The fourth-order valence-corrected chi connectivity index (χ4v) is 3.68. The molecule has 0 spiro atoms. The molecule has 9 nitrogen and oxygen atoms in total. The molecule has 4 rings (SSSR count). The number of hydrogen-bond donors (Lipinski definition) is 1. The first kappa shape index (κ1) is 17.2. The van der Waals surface area contributed by atoms with Crippen LogP contribution in [0.3, 0.4) is 0 Å². The van der Waals surface area contributed by atoms with Crippen LogP contribution in [-0.4, -0.2) is 96.7 Å². The van der Waals surface area contributed by atoms with Gasteiger partial charge in [0.05, 0.1) is 31.7 Å². The van der Waals surface area contributed by atoms with Gasteiger partial charge in [-0.05, 0) is 6.07 Å². The van der Waals surface area contributed by atoms with Gasteiger partial charge < -0.3 is 19.9 Å². The van der Waals surface area contributed by atoms with Gasteiger partial charge in [0.1, 0.15) is 0 Å². The van der Waals surface area contributed by atoms with Crippen molar-refractivity contribution in [3.05, 3.63) is 18.5 Å². The van der Waals surface area contributed by atoms with Crippen molar-refractivity contribution in [2.24, 2.45) is 5.92 Å². The summed E-state index contributed by atoms with van der Waals surface area (Å²) in [4.78, 5) is 39.5. The monoisotopic (exact) mass is 360 g/mol. The summed E-state index contributed by atoms with van der Waals surface area (Å²) < 4.78 is 5.51. The lowest BCUT2D eigenvalue weighted by Gasteiger charge is -2.36. The van der Waals surface area contributed by atoms with Crippen LogP contribution in [0.1, 0.15) is 0 Å². The molecule has 2 bridgehead atoms. The molecule has 3 aliphatic rings. The van der Waals surface area contributed by atoms with E-state index in [0.29, 0.717) is 32.8 Å². The topological polar surface area (TPSA) is 90.9 Å². The van der Waals surface area contributed by atoms with Crippen molar-refractivity contribution in [2.75, 3.05) is 63.9 Å². The van der Waals surface area contributed by atoms with Crippen LogP contribution in [0.15, 0.2) is 18.5 Å². The standard InChI is InChI=1S/C17H24N6O3/c24-15(23-8-13-11-26-12-14(9-23)20-16(13)25)10-21-4-6-22(7-5-21)17-18-2-1-3-19-17/h1-3,13-14H,4-12H2,(H,20,25)/t13-,14+/m1/s1. The highest BCUT2D eigenvalue weighted by Crippen LogP contribution is 2.15. The first-order valence-corrected chi connectivity index (χ1v) is 9.09. The van der Waals surface area contributed by atoms with E-state index in [2.05, 4.69) is 25.1 Å². The van der Waals surface area contributed by atoms with Gasteiger partial charge in [0.25, 0.3) is 0 Å². The fourth-order valence-electron chi connectivity index (χ4n) is 3.68. The maximum absolute atomic E-state index is 12.8. The average molecular weight is 360 g/mol. The lowest BCUT2D eigenvalue weighted by atomic mass is 10.1. The minimum atomic E-state index is -0.265. The van der Waals surface area contributed by atoms with Gasteiger partial charge in [-0.15, -0.1) is 0 Å². The number of fused-ring (bicyclic) bond motifs is 3. The SMILES string of the molecule is O=C1N[C@@H]2COC[C@H]1CN(C(=O)CN1CCN(c3ncccn3)CC1)C2. The average Bonchev–Trinajstić information content (AvgIpc) is 2.91. The predicted octanol–water partition coefficient (Wildman–Crippen LogP) is -1.43. The van der Waals surface area contributed by atoms with Crippen molar-refractivity contribution in [1.29, 1.82) is 0 Å². The van der Waals surface area contributed by atoms with E-state index in [1.807, 2.05) is 4.90 Å². The lowest BCUT2D eigenvalue weighted by Crippen LogP contribution is -2.52. The van der Waals surface area contributed by atoms with E-state index in [4.69, 9.17) is 4.74 Å². The van der Waals surface area contributed by atoms with Crippen molar-refractivity contribution < 1.29 is 14.3 Å². The number of aromatic nitrogens is 2. The number of anilines is 1. The molecule has 1 N–H and O–H groups in total. The van der Waals surface area contributed by atoms with Crippen molar-refractivity contribution in [3.8, 4) is 0 Å². The molecule has 0 radical (unpaired) electrons. The molecule has 4 heterocycles. The zero-order valence-corrected chi connectivity index (χ0v) is 14.7. The summed E-state index contributed by atoms with van der Waals surface area (Å²) >= 11 is 0. The third-order valence-electron chi connectivity index (χ3n) is 5.16. The van der Waals surface area contributed by atoms with Gasteiger partial charge in [0.2, 0.25) is 17.8 Å². The summed E-state index contributed by atoms with van der Waals surface area (Å²) in [6, 6.07) is 1.70. The molecule has 0 aromatic carbocycles. The van der Waals surface area contributed by atoms with Crippen LogP contribution in [0.25, 0.3) is 0 Å². The van der Waals surface area contributed by atoms with E-state index in [1.54, 1.807) is 18.5 Å². The van der Waals surface area contributed by atoms with Crippen LogP contribution in [-0.2, 0) is 14.3 Å². The molecule has 9 heteroatoms. The lowest BCUT2D eigenvalue weighted by molar-refractivity contribution is -0.134. The van der Waals surface area contributed by atoms with Crippen LogP contribution >= 0.6 is 0 Å². The first-order valence-electron chi connectivity index (χ1n) is 9.09. The number of carbonyl (C=O) groups is 2. The van der Waals surface area contributed by atoms with Gasteiger partial charge in [-0.2, -0.15) is 0 Å². The summed E-state index contributed by atoms with van der Waals surface area (Å²) in [6.07, 6.45) is 3.49. The molecular formula is C17H24N6O3. The molecule has 3 aliphatic heterocycles. The van der Waals surface area contributed by atoms with Crippen LogP contribution in [0.4, 0.5) is 5.95 Å².